The summed E-state index contributed by atoms with van der Waals surface area (Å²) in [5.74, 6) is 0.185. The van der Waals surface area contributed by atoms with Gasteiger partial charge in [-0.2, -0.15) is 0 Å². The van der Waals surface area contributed by atoms with Crippen molar-refractivity contribution < 1.29 is 28.5 Å². The summed E-state index contributed by atoms with van der Waals surface area (Å²) < 4.78 is 20.7. The quantitative estimate of drug-likeness (QED) is 0.721. The van der Waals surface area contributed by atoms with Crippen LogP contribution in [0, 0.1) is 0 Å². The van der Waals surface area contributed by atoms with E-state index < -0.39 is 11.6 Å². The molecule has 1 aromatic carbocycles. The third-order valence-corrected chi connectivity index (χ3v) is 3.02. The van der Waals surface area contributed by atoms with Crippen LogP contribution in [0.15, 0.2) is 12.1 Å². The number of ether oxygens (including phenoxy) is 4. The van der Waals surface area contributed by atoms with Gasteiger partial charge >= 0.3 is 12.4 Å². The Balaban J connectivity index is 3.55. The van der Waals surface area contributed by atoms with Crippen molar-refractivity contribution in [2.75, 3.05) is 14.2 Å². The van der Waals surface area contributed by atoms with Crippen molar-refractivity contribution in [1.82, 2.24) is 0 Å². The molecular weight excluding hydrogens is 288 g/mol. The summed E-state index contributed by atoms with van der Waals surface area (Å²) in [6.45, 7) is 8.17. The maximum atomic E-state index is 12.4. The van der Waals surface area contributed by atoms with E-state index in [1.165, 1.54) is 20.7 Å². The van der Waals surface area contributed by atoms with E-state index in [2.05, 4.69) is 0 Å². The SMILES string of the molecule is COc1cc(OC)c(C(=O)OC(C)C)c(C(C)(C)O[C]=O)c1. The maximum Gasteiger partial charge on any atom is 0.418 e. The second-order valence-electron chi connectivity index (χ2n) is 5.40. The lowest BCUT2D eigenvalue weighted by molar-refractivity contribution is 0.0352. The monoisotopic (exact) mass is 309 g/mol. The van der Waals surface area contributed by atoms with Crippen LogP contribution in [-0.4, -0.2) is 32.8 Å². The fourth-order valence-corrected chi connectivity index (χ4v) is 1.99. The molecule has 0 bridgehead atoms. The molecule has 0 aliphatic heterocycles. The Labute approximate surface area is 130 Å². The molecule has 0 amide bonds. The van der Waals surface area contributed by atoms with Gasteiger partial charge in [-0.3, -0.25) is 0 Å². The molecule has 6 heteroatoms. The van der Waals surface area contributed by atoms with E-state index in [0.717, 1.165) is 0 Å². The highest BCUT2D eigenvalue weighted by Crippen LogP contribution is 2.37. The lowest BCUT2D eigenvalue weighted by Crippen LogP contribution is -2.26. The van der Waals surface area contributed by atoms with Crippen LogP contribution in [0.3, 0.4) is 0 Å². The Morgan fingerprint density at radius 3 is 2.27 bits per heavy atom. The predicted octanol–water partition coefficient (Wildman–Crippen LogP) is 2.59. The minimum atomic E-state index is -1.10. The van der Waals surface area contributed by atoms with Gasteiger partial charge in [-0.25, -0.2) is 9.59 Å². The van der Waals surface area contributed by atoms with Gasteiger partial charge in [0.25, 0.3) is 0 Å². The summed E-state index contributed by atoms with van der Waals surface area (Å²) in [6, 6.07) is 3.18. The molecule has 6 nitrogen and oxygen atoms in total. The van der Waals surface area contributed by atoms with Crippen molar-refractivity contribution in [2.45, 2.75) is 39.4 Å². The van der Waals surface area contributed by atoms with Crippen LogP contribution in [0.4, 0.5) is 0 Å². The maximum absolute atomic E-state index is 12.4. The topological polar surface area (TPSA) is 71.1 Å². The summed E-state index contributed by atoms with van der Waals surface area (Å²) in [4.78, 5) is 23.0. The normalized spacial score (nSPS) is 11.0. The van der Waals surface area contributed by atoms with Gasteiger partial charge in [-0.05, 0) is 33.8 Å². The third kappa shape index (κ3) is 3.90. The van der Waals surface area contributed by atoms with E-state index in [0.29, 0.717) is 11.3 Å². The number of esters is 1. The van der Waals surface area contributed by atoms with E-state index in [4.69, 9.17) is 18.9 Å². The van der Waals surface area contributed by atoms with Crippen LogP contribution < -0.4 is 9.47 Å². The Kier molecular flexibility index (Phi) is 5.79. The first-order valence-corrected chi connectivity index (χ1v) is 6.79. The van der Waals surface area contributed by atoms with Crippen molar-refractivity contribution in [3.63, 3.8) is 0 Å². The Bertz CT molecular complexity index is 548. The Morgan fingerprint density at radius 1 is 1.18 bits per heavy atom. The summed E-state index contributed by atoms with van der Waals surface area (Å²) in [6.07, 6.45) is -0.297. The van der Waals surface area contributed by atoms with E-state index in [-0.39, 0.29) is 17.4 Å². The number of benzene rings is 1. The Morgan fingerprint density at radius 2 is 1.82 bits per heavy atom. The number of carbonyl (C=O) groups excluding carboxylic acids is 2. The highest BCUT2D eigenvalue weighted by molar-refractivity contribution is 5.95. The summed E-state index contributed by atoms with van der Waals surface area (Å²) in [5, 5.41) is 0. The zero-order valence-corrected chi connectivity index (χ0v) is 13.7. The molecule has 0 saturated carbocycles. The second-order valence-corrected chi connectivity index (χ2v) is 5.40. The van der Waals surface area contributed by atoms with Crippen LogP contribution in [0.1, 0.15) is 43.6 Å². The van der Waals surface area contributed by atoms with Gasteiger partial charge in [0, 0.05) is 11.6 Å². The number of rotatable bonds is 7. The smallest absolute Gasteiger partial charge is 0.418 e. The molecule has 0 spiro atoms. The van der Waals surface area contributed by atoms with Crippen LogP contribution in [-0.2, 0) is 19.9 Å². The van der Waals surface area contributed by atoms with E-state index >= 15 is 0 Å². The number of hydrogen-bond donors (Lipinski definition) is 0. The molecule has 22 heavy (non-hydrogen) atoms. The van der Waals surface area contributed by atoms with E-state index in [1.807, 2.05) is 0 Å². The highest BCUT2D eigenvalue weighted by Gasteiger charge is 2.32. The van der Waals surface area contributed by atoms with Gasteiger partial charge in [0.15, 0.2) is 0 Å². The van der Waals surface area contributed by atoms with E-state index in [9.17, 15) is 9.59 Å². The molecular formula is C16H21O6. The molecule has 0 saturated heterocycles. The van der Waals surface area contributed by atoms with Crippen molar-refractivity contribution in [1.29, 1.82) is 0 Å². The minimum Gasteiger partial charge on any atom is -0.497 e. The molecule has 0 unspecified atom stereocenters. The fourth-order valence-electron chi connectivity index (χ4n) is 1.99. The number of hydrogen-bond acceptors (Lipinski definition) is 6. The third-order valence-electron chi connectivity index (χ3n) is 3.02. The van der Waals surface area contributed by atoms with Crippen LogP contribution >= 0.6 is 0 Å². The zero-order chi connectivity index (χ0) is 16.9. The minimum absolute atomic E-state index is 0.192. The molecule has 0 atom stereocenters. The van der Waals surface area contributed by atoms with Gasteiger partial charge in [-0.15, -0.1) is 0 Å². The summed E-state index contributed by atoms with van der Waals surface area (Å²) >= 11 is 0. The fraction of sp³-hybridized carbons (Fsp3) is 0.500. The average Bonchev–Trinajstić information content (AvgIpc) is 2.44. The lowest BCUT2D eigenvalue weighted by Gasteiger charge is -2.26. The molecule has 1 radical (unpaired) electrons. The molecule has 0 fully saturated rings. The van der Waals surface area contributed by atoms with Crippen molar-refractivity contribution in [3.05, 3.63) is 23.3 Å². The standard InChI is InChI=1S/C16H21O6/c1-10(2)22-15(18)14-12(16(3,4)21-9-17)7-11(19-5)8-13(14)20-6/h7-8,10H,1-6H3. The van der Waals surface area contributed by atoms with Crippen LogP contribution in [0.25, 0.3) is 0 Å². The molecule has 0 aliphatic rings. The molecule has 1 aromatic rings. The van der Waals surface area contributed by atoms with Crippen LogP contribution in [0.5, 0.6) is 11.5 Å². The average molecular weight is 309 g/mol. The Hall–Kier alpha value is -2.24. The van der Waals surface area contributed by atoms with Gasteiger partial charge in [0.1, 0.15) is 22.7 Å². The molecule has 0 aromatic heterocycles. The molecule has 121 valence electrons. The van der Waals surface area contributed by atoms with Crippen LogP contribution in [0.2, 0.25) is 0 Å². The largest absolute Gasteiger partial charge is 0.497 e. The van der Waals surface area contributed by atoms with Gasteiger partial charge in [0.2, 0.25) is 0 Å². The molecule has 0 heterocycles. The summed E-state index contributed by atoms with van der Waals surface area (Å²) in [5.41, 5.74) is -0.496. The predicted molar refractivity (Wildman–Crippen MR) is 79.9 cm³/mol. The first kappa shape index (κ1) is 17.8. The number of carbonyl (C=O) groups is 1. The first-order chi connectivity index (χ1) is 10.3. The lowest BCUT2D eigenvalue weighted by atomic mass is 9.91. The second kappa shape index (κ2) is 7.15. The molecule has 1 rings (SSSR count). The van der Waals surface area contributed by atoms with Crippen molar-refractivity contribution in [2.24, 2.45) is 0 Å². The zero-order valence-electron chi connectivity index (χ0n) is 13.7. The van der Waals surface area contributed by atoms with Gasteiger partial charge in [-0.1, -0.05) is 0 Å². The van der Waals surface area contributed by atoms with Crippen molar-refractivity contribution >= 4 is 12.4 Å². The highest BCUT2D eigenvalue weighted by atomic mass is 16.5. The van der Waals surface area contributed by atoms with Gasteiger partial charge < -0.3 is 18.9 Å². The van der Waals surface area contributed by atoms with Gasteiger partial charge in [0.05, 0.1) is 20.3 Å². The molecule has 0 aliphatic carbocycles. The van der Waals surface area contributed by atoms with E-state index in [1.54, 1.807) is 39.8 Å². The molecule has 0 N–H and O–H groups in total. The number of methoxy groups -OCH3 is 2. The van der Waals surface area contributed by atoms with Crippen molar-refractivity contribution in [3.8, 4) is 11.5 Å². The first-order valence-electron chi connectivity index (χ1n) is 6.79. The summed E-state index contributed by atoms with van der Waals surface area (Å²) in [7, 11) is 2.93.